The van der Waals surface area contributed by atoms with Gasteiger partial charge in [0, 0.05) is 0 Å². The first-order valence-corrected chi connectivity index (χ1v) is 8.94. The molecule has 1 heterocycles. The molecule has 1 aliphatic carbocycles. The molecule has 25 heavy (non-hydrogen) atoms. The molecule has 3 rings (SSSR count). The number of aliphatic hydroxyl groups is 1. The first-order chi connectivity index (χ1) is 11.9. The summed E-state index contributed by atoms with van der Waals surface area (Å²) in [7, 11) is 0. The van der Waals surface area contributed by atoms with Crippen molar-refractivity contribution < 1.29 is 19.4 Å². The Kier molecular flexibility index (Phi) is 4.99. The van der Waals surface area contributed by atoms with Gasteiger partial charge in [0.2, 0.25) is 0 Å². The molecule has 3 atom stereocenters. The topological polar surface area (TPSA) is 78.9 Å². The Balaban J connectivity index is 1.59. The minimum atomic E-state index is -0.926. The van der Waals surface area contributed by atoms with Crippen molar-refractivity contribution in [2.24, 2.45) is 5.92 Å². The number of ether oxygens (including phenoxy) is 1. The summed E-state index contributed by atoms with van der Waals surface area (Å²) in [6, 6.07) is 7.09. The molecule has 6 nitrogen and oxygen atoms in total. The number of nitrogens with zero attached hydrogens (tertiary/aromatic N) is 1. The number of hydrogen-bond acceptors (Lipinski definition) is 4. The molecular weight excluding hydrogens is 320 g/mol. The molecule has 3 amide bonds. The molecule has 0 unspecified atom stereocenters. The van der Waals surface area contributed by atoms with Gasteiger partial charge in [-0.1, -0.05) is 37.5 Å². The van der Waals surface area contributed by atoms with E-state index in [1.165, 1.54) is 0 Å². The van der Waals surface area contributed by atoms with Crippen LogP contribution in [0.2, 0.25) is 0 Å². The van der Waals surface area contributed by atoms with Crippen LogP contribution >= 0.6 is 0 Å². The van der Waals surface area contributed by atoms with Crippen LogP contribution < -0.4 is 10.1 Å². The monoisotopic (exact) mass is 346 g/mol. The average Bonchev–Trinajstić information content (AvgIpc) is 2.82. The number of hydrogen-bond donors (Lipinski definition) is 2. The van der Waals surface area contributed by atoms with Crippen molar-refractivity contribution in [3.05, 3.63) is 29.8 Å². The van der Waals surface area contributed by atoms with E-state index < -0.39 is 17.7 Å². The molecule has 0 aromatic heterocycles. The van der Waals surface area contributed by atoms with Crippen molar-refractivity contribution in [1.82, 2.24) is 10.2 Å². The Morgan fingerprint density at radius 3 is 2.72 bits per heavy atom. The van der Waals surface area contributed by atoms with Crippen LogP contribution in [0.15, 0.2) is 24.3 Å². The van der Waals surface area contributed by atoms with Crippen LogP contribution in [0, 0.1) is 12.8 Å². The first-order valence-electron chi connectivity index (χ1n) is 8.94. The number of benzene rings is 1. The summed E-state index contributed by atoms with van der Waals surface area (Å²) in [6.07, 6.45) is 2.69. The third-order valence-corrected chi connectivity index (χ3v) is 5.36. The van der Waals surface area contributed by atoms with Crippen LogP contribution in [-0.4, -0.2) is 46.7 Å². The SMILES string of the molecule is Cc1ccc(OC[C@H](O)CN2C(=O)N[C@]3(CCCC[C@@H]3C)C2=O)cc1. The summed E-state index contributed by atoms with van der Waals surface area (Å²) in [5.74, 6) is 0.557. The van der Waals surface area contributed by atoms with Crippen molar-refractivity contribution in [3.8, 4) is 5.75 Å². The maximum absolute atomic E-state index is 12.8. The zero-order valence-corrected chi connectivity index (χ0v) is 14.8. The van der Waals surface area contributed by atoms with Gasteiger partial charge >= 0.3 is 6.03 Å². The number of carbonyl (C=O) groups is 2. The molecule has 6 heteroatoms. The lowest BCUT2D eigenvalue weighted by atomic mass is 9.73. The Bertz CT molecular complexity index is 645. The molecule has 1 aromatic carbocycles. The standard InChI is InChI=1S/C19H26N2O4/c1-13-6-8-16(9-7-13)25-12-15(22)11-21-17(23)19(20-18(21)24)10-4-3-5-14(19)2/h6-9,14-15,22H,3-5,10-12H2,1-2H3,(H,20,24)/t14-,15+,19-/m0/s1. The van der Waals surface area contributed by atoms with E-state index in [4.69, 9.17) is 4.74 Å². The smallest absolute Gasteiger partial charge is 0.325 e. The van der Waals surface area contributed by atoms with Gasteiger partial charge in [-0.15, -0.1) is 0 Å². The van der Waals surface area contributed by atoms with E-state index in [9.17, 15) is 14.7 Å². The zero-order chi connectivity index (χ0) is 18.0. The van der Waals surface area contributed by atoms with E-state index in [1.807, 2.05) is 38.1 Å². The van der Waals surface area contributed by atoms with E-state index >= 15 is 0 Å². The lowest BCUT2D eigenvalue weighted by Crippen LogP contribution is -2.54. The van der Waals surface area contributed by atoms with E-state index in [0.29, 0.717) is 12.2 Å². The van der Waals surface area contributed by atoms with Crippen LogP contribution in [-0.2, 0) is 4.79 Å². The zero-order valence-electron chi connectivity index (χ0n) is 14.8. The second-order valence-electron chi connectivity index (χ2n) is 7.24. The highest BCUT2D eigenvalue weighted by Crippen LogP contribution is 2.38. The maximum Gasteiger partial charge on any atom is 0.325 e. The van der Waals surface area contributed by atoms with Crippen LogP contribution in [0.1, 0.15) is 38.2 Å². The molecule has 1 saturated carbocycles. The van der Waals surface area contributed by atoms with E-state index in [1.54, 1.807) is 0 Å². The highest BCUT2D eigenvalue weighted by Gasteiger charge is 2.54. The van der Waals surface area contributed by atoms with Gasteiger partial charge in [-0.05, 0) is 37.8 Å². The number of rotatable bonds is 5. The van der Waals surface area contributed by atoms with E-state index in [2.05, 4.69) is 5.32 Å². The van der Waals surface area contributed by atoms with Crippen molar-refractivity contribution in [1.29, 1.82) is 0 Å². The number of aliphatic hydroxyl groups excluding tert-OH is 1. The second kappa shape index (κ2) is 7.04. The van der Waals surface area contributed by atoms with Gasteiger partial charge in [0.25, 0.3) is 5.91 Å². The number of aryl methyl sites for hydroxylation is 1. The normalized spacial score (nSPS) is 27.5. The number of β-amino-alcohol motifs (C(OH)–C–C–N with tert-alkyl or cyclic N) is 1. The largest absolute Gasteiger partial charge is 0.491 e. The minimum Gasteiger partial charge on any atom is -0.491 e. The van der Waals surface area contributed by atoms with Crippen molar-refractivity contribution >= 4 is 11.9 Å². The number of nitrogens with one attached hydrogen (secondary N) is 1. The van der Waals surface area contributed by atoms with Crippen LogP contribution in [0.25, 0.3) is 0 Å². The fourth-order valence-corrected chi connectivity index (χ4v) is 3.75. The van der Waals surface area contributed by atoms with Gasteiger partial charge < -0.3 is 15.2 Å². The fourth-order valence-electron chi connectivity index (χ4n) is 3.75. The molecule has 1 saturated heterocycles. The van der Waals surface area contributed by atoms with Crippen LogP contribution in [0.4, 0.5) is 4.79 Å². The average molecular weight is 346 g/mol. The Labute approximate surface area is 148 Å². The first kappa shape index (κ1) is 17.7. The maximum atomic E-state index is 12.8. The highest BCUT2D eigenvalue weighted by molar-refractivity contribution is 6.07. The summed E-state index contributed by atoms with van der Waals surface area (Å²) in [5, 5.41) is 13.1. The quantitative estimate of drug-likeness (QED) is 0.802. The number of carbonyl (C=O) groups excluding carboxylic acids is 2. The fraction of sp³-hybridized carbons (Fsp3) is 0.579. The van der Waals surface area contributed by atoms with Gasteiger partial charge in [-0.3, -0.25) is 9.69 Å². The second-order valence-corrected chi connectivity index (χ2v) is 7.24. The number of urea groups is 1. The van der Waals surface area contributed by atoms with Gasteiger partial charge in [-0.2, -0.15) is 0 Å². The summed E-state index contributed by atoms with van der Waals surface area (Å²) in [5.41, 5.74) is 0.339. The van der Waals surface area contributed by atoms with Crippen molar-refractivity contribution in [2.75, 3.05) is 13.2 Å². The lowest BCUT2D eigenvalue weighted by Gasteiger charge is -2.36. The molecule has 0 bridgehead atoms. The Hall–Kier alpha value is -2.08. The summed E-state index contributed by atoms with van der Waals surface area (Å²) in [4.78, 5) is 26.3. The van der Waals surface area contributed by atoms with Gasteiger partial charge in [0.1, 0.15) is 24.0 Å². The molecule has 1 spiro atoms. The third kappa shape index (κ3) is 3.49. The lowest BCUT2D eigenvalue weighted by molar-refractivity contribution is -0.135. The molecule has 1 aromatic rings. The molecule has 0 radical (unpaired) electrons. The summed E-state index contributed by atoms with van der Waals surface area (Å²) in [6.45, 7) is 3.98. The van der Waals surface area contributed by atoms with Crippen molar-refractivity contribution in [2.45, 2.75) is 51.2 Å². The van der Waals surface area contributed by atoms with Crippen LogP contribution in [0.5, 0.6) is 5.75 Å². The molecule has 1 aliphatic heterocycles. The minimum absolute atomic E-state index is 0.0304. The third-order valence-electron chi connectivity index (χ3n) is 5.36. The molecule has 2 N–H and O–H groups in total. The van der Waals surface area contributed by atoms with E-state index in [-0.39, 0.29) is 25.0 Å². The summed E-state index contributed by atoms with van der Waals surface area (Å²) < 4.78 is 5.54. The predicted octanol–water partition coefficient (Wildman–Crippen LogP) is 2.24. The van der Waals surface area contributed by atoms with Gasteiger partial charge in [0.05, 0.1) is 6.54 Å². The van der Waals surface area contributed by atoms with Crippen LogP contribution in [0.3, 0.4) is 0 Å². The van der Waals surface area contributed by atoms with Gasteiger partial charge in [0.15, 0.2) is 0 Å². The molecule has 2 aliphatic rings. The Morgan fingerprint density at radius 2 is 2.04 bits per heavy atom. The molecule has 136 valence electrons. The number of amides is 3. The number of imide groups is 1. The van der Waals surface area contributed by atoms with Crippen molar-refractivity contribution in [3.63, 3.8) is 0 Å². The molecular formula is C19H26N2O4. The summed E-state index contributed by atoms with van der Waals surface area (Å²) >= 11 is 0. The van der Waals surface area contributed by atoms with Gasteiger partial charge in [-0.25, -0.2) is 4.79 Å². The molecule has 2 fully saturated rings. The van der Waals surface area contributed by atoms with E-state index in [0.717, 1.165) is 29.7 Å². The Morgan fingerprint density at radius 1 is 1.32 bits per heavy atom. The predicted molar refractivity (Wildman–Crippen MR) is 93.3 cm³/mol. The highest BCUT2D eigenvalue weighted by atomic mass is 16.5.